The summed E-state index contributed by atoms with van der Waals surface area (Å²) in [5, 5.41) is 23.2. The number of Topliss-reactive ketones (excluding diaryl/α,β-unsaturated/α-hetero) is 1. The van der Waals surface area contributed by atoms with Gasteiger partial charge in [0.05, 0.1) is 24.8 Å². The highest BCUT2D eigenvalue weighted by molar-refractivity contribution is 6.12. The van der Waals surface area contributed by atoms with Gasteiger partial charge in [-0.1, -0.05) is 53.7 Å². The highest BCUT2D eigenvalue weighted by Crippen LogP contribution is 2.45. The first-order valence-electron chi connectivity index (χ1n) is 13.7. The number of phenols is 1. The van der Waals surface area contributed by atoms with Crippen molar-refractivity contribution in [1.29, 1.82) is 0 Å². The fourth-order valence-electron chi connectivity index (χ4n) is 5.20. The number of ether oxygens (including phenoxy) is 1. The molecule has 0 spiro atoms. The van der Waals surface area contributed by atoms with E-state index in [0.717, 1.165) is 0 Å². The molecule has 9 nitrogen and oxygen atoms in total. The molecule has 0 aliphatic carbocycles. The summed E-state index contributed by atoms with van der Waals surface area (Å²) in [6, 6.07) is 3.64. The molecule has 0 radical (unpaired) electrons. The second kappa shape index (κ2) is 11.6. The predicted octanol–water partition coefficient (Wildman–Crippen LogP) is 6.12. The number of nitrogens with one attached hydrogen (secondary N) is 1. The molecule has 1 heterocycles. The van der Waals surface area contributed by atoms with Crippen LogP contribution in [-0.4, -0.2) is 58.9 Å². The summed E-state index contributed by atoms with van der Waals surface area (Å²) in [5.74, 6) is -2.25. The third kappa shape index (κ3) is 6.03. The van der Waals surface area contributed by atoms with E-state index in [4.69, 9.17) is 4.74 Å². The Morgan fingerprint density at radius 2 is 1.64 bits per heavy atom. The van der Waals surface area contributed by atoms with Crippen LogP contribution in [0.1, 0.15) is 104 Å². The fourth-order valence-corrected chi connectivity index (χ4v) is 5.20. The van der Waals surface area contributed by atoms with Crippen molar-refractivity contribution in [2.45, 2.75) is 72.3 Å². The number of carbonyl (C=O) groups is 3. The van der Waals surface area contributed by atoms with E-state index in [1.807, 2.05) is 41.5 Å². The Hall–Kier alpha value is -4.21. The summed E-state index contributed by atoms with van der Waals surface area (Å²) in [5.41, 5.74) is 0.844. The van der Waals surface area contributed by atoms with Gasteiger partial charge >= 0.3 is 6.09 Å². The second-order valence-electron chi connectivity index (χ2n) is 12.5. The Labute approximate surface area is 246 Å². The van der Waals surface area contributed by atoms with Crippen molar-refractivity contribution in [3.05, 3.63) is 69.5 Å². The van der Waals surface area contributed by atoms with Gasteiger partial charge in [-0.25, -0.2) is 9.18 Å². The van der Waals surface area contributed by atoms with Crippen molar-refractivity contribution in [2.75, 3.05) is 20.2 Å². The number of aliphatic imine (C=N–C) groups is 1. The molecule has 1 aliphatic heterocycles. The van der Waals surface area contributed by atoms with Gasteiger partial charge in [0.1, 0.15) is 11.6 Å². The van der Waals surface area contributed by atoms with Crippen LogP contribution in [0.15, 0.2) is 35.3 Å². The van der Waals surface area contributed by atoms with Crippen molar-refractivity contribution in [3.63, 3.8) is 0 Å². The summed E-state index contributed by atoms with van der Waals surface area (Å²) in [7, 11) is 1.38. The lowest BCUT2D eigenvalue weighted by Gasteiger charge is -2.29. The Bertz CT molecular complexity index is 1460. The molecule has 1 unspecified atom stereocenters. The number of amidine groups is 1. The van der Waals surface area contributed by atoms with Crippen LogP contribution >= 0.6 is 0 Å². The van der Waals surface area contributed by atoms with Gasteiger partial charge in [0.25, 0.3) is 5.91 Å². The maximum atomic E-state index is 16.2. The van der Waals surface area contributed by atoms with E-state index in [2.05, 4.69) is 16.9 Å². The molecule has 2 aromatic rings. The molecule has 3 N–H and O–H groups in total. The highest BCUT2D eigenvalue weighted by Gasteiger charge is 2.42. The van der Waals surface area contributed by atoms with Gasteiger partial charge in [-0.05, 0) is 42.9 Å². The first kappa shape index (κ1) is 32.3. The van der Waals surface area contributed by atoms with Crippen LogP contribution in [-0.2, 0) is 10.8 Å². The first-order valence-corrected chi connectivity index (χ1v) is 13.7. The van der Waals surface area contributed by atoms with E-state index in [1.165, 1.54) is 18.0 Å². The number of amides is 2. The lowest BCUT2D eigenvalue weighted by atomic mass is 9.78. The summed E-state index contributed by atoms with van der Waals surface area (Å²) in [6.45, 7) is 18.5. The maximum Gasteiger partial charge on any atom is 0.433 e. The minimum Gasteiger partial charge on any atom is -0.507 e. The zero-order chi connectivity index (χ0) is 31.9. The molecule has 0 bridgehead atoms. The number of aromatic hydroxyl groups is 1. The quantitative estimate of drug-likeness (QED) is 0.265. The average molecular weight is 582 g/mol. The molecule has 42 heavy (non-hydrogen) atoms. The second-order valence-corrected chi connectivity index (χ2v) is 12.5. The Morgan fingerprint density at radius 1 is 1.10 bits per heavy atom. The molecular weight excluding hydrogens is 541 g/mol. The summed E-state index contributed by atoms with van der Waals surface area (Å²) in [6.07, 6.45) is -1.55. The normalized spacial score (nSPS) is 15.9. The lowest BCUT2D eigenvalue weighted by Crippen LogP contribution is -2.35. The summed E-state index contributed by atoms with van der Waals surface area (Å²) < 4.78 is 21.7. The van der Waals surface area contributed by atoms with Crippen LogP contribution in [0.5, 0.6) is 11.5 Å². The molecule has 0 aromatic heterocycles. The largest absolute Gasteiger partial charge is 0.507 e. The Morgan fingerprint density at radius 3 is 2.07 bits per heavy atom. The molecule has 1 atom stereocenters. The van der Waals surface area contributed by atoms with E-state index < -0.39 is 40.5 Å². The van der Waals surface area contributed by atoms with Gasteiger partial charge < -0.3 is 25.2 Å². The monoisotopic (exact) mass is 581 g/mol. The molecule has 2 amide bonds. The minimum absolute atomic E-state index is 0.0165. The number of carboxylic acid groups (broad SMARTS) is 1. The fraction of sp³-hybridized carbons (Fsp3) is 0.438. The van der Waals surface area contributed by atoms with E-state index in [9.17, 15) is 24.6 Å². The first-order chi connectivity index (χ1) is 19.3. The van der Waals surface area contributed by atoms with Crippen molar-refractivity contribution in [2.24, 2.45) is 4.99 Å². The van der Waals surface area contributed by atoms with E-state index in [-0.39, 0.29) is 47.2 Å². The maximum absolute atomic E-state index is 16.2. The van der Waals surface area contributed by atoms with Crippen LogP contribution in [0.4, 0.5) is 9.18 Å². The molecule has 0 fully saturated rings. The zero-order valence-corrected chi connectivity index (χ0v) is 25.7. The summed E-state index contributed by atoms with van der Waals surface area (Å²) >= 11 is 0. The van der Waals surface area contributed by atoms with Crippen LogP contribution in [0.3, 0.4) is 0 Å². The topological polar surface area (TPSA) is 129 Å². The number of nitrogens with zero attached hydrogens (tertiary/aromatic N) is 2. The van der Waals surface area contributed by atoms with E-state index in [1.54, 1.807) is 26.0 Å². The van der Waals surface area contributed by atoms with Crippen molar-refractivity contribution < 1.29 is 33.7 Å². The zero-order valence-electron chi connectivity index (χ0n) is 25.7. The van der Waals surface area contributed by atoms with Crippen molar-refractivity contribution in [3.8, 4) is 11.5 Å². The Balaban J connectivity index is 2.27. The SMILES string of the molecule is C=C(C)C1c2c(cc(C(=O)NC)c(OCC)c2F)C(=NC(=O)O)N1CC(=O)c1cc(C(C)(C)C)c(O)c(C(C)(C)C)c1. The number of rotatable bonds is 7. The van der Waals surface area contributed by atoms with Gasteiger partial charge in [0.15, 0.2) is 17.3 Å². The van der Waals surface area contributed by atoms with Crippen LogP contribution in [0, 0.1) is 5.82 Å². The number of carbonyl (C=O) groups excluding carboxylic acids is 2. The third-order valence-corrected chi connectivity index (χ3v) is 7.15. The molecule has 226 valence electrons. The smallest absolute Gasteiger partial charge is 0.433 e. The molecular formula is C32H40FN3O6. The average Bonchev–Trinajstić information content (AvgIpc) is 3.16. The minimum atomic E-state index is -1.55. The lowest BCUT2D eigenvalue weighted by molar-refractivity contribution is 0.0949. The van der Waals surface area contributed by atoms with Crippen LogP contribution in [0.25, 0.3) is 0 Å². The number of fused-ring (bicyclic) bond motifs is 1. The summed E-state index contributed by atoms with van der Waals surface area (Å²) in [4.78, 5) is 43.6. The molecule has 2 aromatic carbocycles. The van der Waals surface area contributed by atoms with E-state index in [0.29, 0.717) is 22.3 Å². The number of ketones is 1. The number of hydrogen-bond donors (Lipinski definition) is 3. The number of hydrogen-bond acceptors (Lipinski definition) is 5. The van der Waals surface area contributed by atoms with Gasteiger partial charge in [0, 0.05) is 34.9 Å². The van der Waals surface area contributed by atoms with Gasteiger partial charge in [0.2, 0.25) is 0 Å². The predicted molar refractivity (Wildman–Crippen MR) is 160 cm³/mol. The van der Waals surface area contributed by atoms with Crippen molar-refractivity contribution >= 4 is 23.6 Å². The molecule has 10 heteroatoms. The highest BCUT2D eigenvalue weighted by atomic mass is 19.1. The molecule has 0 saturated heterocycles. The van der Waals surface area contributed by atoms with Crippen molar-refractivity contribution in [1.82, 2.24) is 10.2 Å². The standard InChI is InChI=1S/C32H40FN3O6/c1-11-42-27-19(29(39)34-10)14-18-23(24(27)33)25(16(2)3)36(28(18)35-30(40)41)15-22(37)17-12-20(31(4,5)6)26(38)21(13-17)32(7,8)9/h12-14,25,38H,2,11,15H2,1,3-10H3,(H,34,39)(H,40,41). The van der Waals surface area contributed by atoms with Gasteiger partial charge in [-0.3, -0.25) is 9.59 Å². The van der Waals surface area contributed by atoms with Gasteiger partial charge in [-0.2, -0.15) is 4.99 Å². The Kier molecular flexibility index (Phi) is 8.91. The third-order valence-electron chi connectivity index (χ3n) is 7.15. The number of benzene rings is 2. The van der Waals surface area contributed by atoms with Gasteiger partial charge in [-0.15, -0.1) is 0 Å². The number of halogens is 1. The van der Waals surface area contributed by atoms with E-state index >= 15 is 4.39 Å². The molecule has 1 aliphatic rings. The number of phenolic OH excluding ortho intramolecular Hbond substituents is 1. The molecule has 0 saturated carbocycles. The molecule has 3 rings (SSSR count). The van der Waals surface area contributed by atoms with Crippen LogP contribution in [0.2, 0.25) is 0 Å². The van der Waals surface area contributed by atoms with Crippen LogP contribution < -0.4 is 10.1 Å².